The molecule has 0 aliphatic heterocycles. The van der Waals surface area contributed by atoms with E-state index < -0.39 is 0 Å². The predicted octanol–water partition coefficient (Wildman–Crippen LogP) is 28.6. The van der Waals surface area contributed by atoms with Crippen molar-refractivity contribution >= 4 is 87.8 Å². The van der Waals surface area contributed by atoms with Crippen LogP contribution in [0.15, 0.2) is 406 Å². The summed E-state index contributed by atoms with van der Waals surface area (Å²) in [5, 5.41) is 8.68. The molecule has 0 aliphatic rings. The number of furan rings is 4. The summed E-state index contributed by atoms with van der Waals surface area (Å²) >= 11 is 0. The fourth-order valence-corrected chi connectivity index (χ4v) is 15.9. The molecule has 0 amide bonds. The van der Waals surface area contributed by atoms with Gasteiger partial charge in [-0.15, -0.1) is 0 Å². The van der Waals surface area contributed by atoms with Crippen molar-refractivity contribution in [3.8, 4) is 135 Å². The number of para-hydroxylation sites is 6. The number of hydrogen-bond donors (Lipinski definition) is 0. The molecule has 0 unspecified atom stereocenters. The van der Waals surface area contributed by atoms with Gasteiger partial charge in [-0.05, 0) is 128 Å². The molecule has 22 aromatic rings. The molecule has 8 nitrogen and oxygen atoms in total. The highest BCUT2D eigenvalue weighted by molar-refractivity contribution is 6.13. The SMILES string of the molecule is c1ccc(-c2ccc(-c3cc(-c4ccccc4)nc(-c4cc(-c5ccc6oc7ccccc7c6c5)ccc4-c4ccc5oc6ccccc6c5c4)n3)cc2)cc1.c1ccc(-c2ccc(-c3cc(-c4ccccc4)nc(-c4cc(-c5cccc6c5oc5ccccc56)ccc4-c4cccc5c4oc4ccccc45)n3)cc2)cc1. The van der Waals surface area contributed by atoms with Crippen LogP contribution in [-0.4, -0.2) is 19.9 Å². The highest BCUT2D eigenvalue weighted by Gasteiger charge is 2.24. The summed E-state index contributed by atoms with van der Waals surface area (Å²) in [6.45, 7) is 0. The zero-order chi connectivity index (χ0) is 74.0. The van der Waals surface area contributed by atoms with Crippen molar-refractivity contribution in [3.05, 3.63) is 388 Å². The summed E-state index contributed by atoms with van der Waals surface area (Å²) in [5.41, 5.74) is 29.1. The molecule has 6 heterocycles. The van der Waals surface area contributed by atoms with Crippen LogP contribution in [0.4, 0.5) is 0 Å². The van der Waals surface area contributed by atoms with Crippen molar-refractivity contribution < 1.29 is 17.7 Å². The minimum Gasteiger partial charge on any atom is -0.456 e. The molecular formula is C104H64N4O4. The van der Waals surface area contributed by atoms with Crippen LogP contribution in [0.2, 0.25) is 0 Å². The summed E-state index contributed by atoms with van der Waals surface area (Å²) in [6.07, 6.45) is 0. The second kappa shape index (κ2) is 27.6. The number of hydrogen-bond acceptors (Lipinski definition) is 8. The molecule has 0 aliphatic carbocycles. The molecule has 6 aromatic heterocycles. The third kappa shape index (κ3) is 11.9. The van der Waals surface area contributed by atoms with Crippen LogP contribution in [0.3, 0.4) is 0 Å². The lowest BCUT2D eigenvalue weighted by molar-refractivity contribution is 0.668. The number of benzene rings is 16. The van der Waals surface area contributed by atoms with E-state index >= 15 is 0 Å². The van der Waals surface area contributed by atoms with E-state index in [4.69, 9.17) is 37.6 Å². The third-order valence-corrected chi connectivity index (χ3v) is 21.5. The number of rotatable bonds is 12. The van der Waals surface area contributed by atoms with E-state index in [0.717, 1.165) is 200 Å². The molecule has 0 spiro atoms. The first kappa shape index (κ1) is 65.2. The molecule has 0 bridgehead atoms. The molecule has 22 rings (SSSR count). The predicted molar refractivity (Wildman–Crippen MR) is 458 cm³/mol. The Balaban J connectivity index is 0.000000141. The highest BCUT2D eigenvalue weighted by atomic mass is 16.3. The minimum absolute atomic E-state index is 0.621. The summed E-state index contributed by atoms with van der Waals surface area (Å²) < 4.78 is 25.6. The van der Waals surface area contributed by atoms with E-state index in [2.05, 4.69) is 303 Å². The molecule has 0 N–H and O–H groups in total. The third-order valence-electron chi connectivity index (χ3n) is 21.5. The average molecular weight is 1430 g/mol. The first-order valence-corrected chi connectivity index (χ1v) is 37.6. The topological polar surface area (TPSA) is 104 Å². The number of fused-ring (bicyclic) bond motifs is 12. The monoisotopic (exact) mass is 1430 g/mol. The lowest BCUT2D eigenvalue weighted by Crippen LogP contribution is -1.98. The zero-order valence-corrected chi connectivity index (χ0v) is 60.4. The van der Waals surface area contributed by atoms with Crippen molar-refractivity contribution in [1.82, 2.24) is 19.9 Å². The van der Waals surface area contributed by atoms with Gasteiger partial charge >= 0.3 is 0 Å². The van der Waals surface area contributed by atoms with Crippen LogP contribution in [0, 0.1) is 0 Å². The normalized spacial score (nSPS) is 11.6. The van der Waals surface area contributed by atoms with Gasteiger partial charge in [0.1, 0.15) is 44.7 Å². The van der Waals surface area contributed by atoms with Gasteiger partial charge in [0, 0.05) is 87.6 Å². The fourth-order valence-electron chi connectivity index (χ4n) is 15.9. The van der Waals surface area contributed by atoms with Crippen LogP contribution in [0.25, 0.3) is 222 Å². The lowest BCUT2D eigenvalue weighted by atomic mass is 9.92. The molecule has 0 atom stereocenters. The van der Waals surface area contributed by atoms with Gasteiger partial charge in [0.05, 0.1) is 22.8 Å². The maximum absolute atomic E-state index is 6.61. The highest BCUT2D eigenvalue weighted by Crippen LogP contribution is 2.46. The van der Waals surface area contributed by atoms with Gasteiger partial charge in [0.2, 0.25) is 0 Å². The Hall–Kier alpha value is -15.1. The molecular weight excluding hydrogens is 1370 g/mol. The fraction of sp³-hybridized carbons (Fsp3) is 0. The molecule has 0 fully saturated rings. The molecule has 0 saturated heterocycles. The molecule has 0 radical (unpaired) electrons. The summed E-state index contributed by atoms with van der Waals surface area (Å²) in [5.74, 6) is 1.27. The summed E-state index contributed by atoms with van der Waals surface area (Å²) in [4.78, 5) is 21.4. The van der Waals surface area contributed by atoms with E-state index in [1.165, 1.54) is 11.1 Å². The quantitative estimate of drug-likeness (QED) is 0.119. The van der Waals surface area contributed by atoms with E-state index in [1.807, 2.05) is 84.9 Å². The Morgan fingerprint density at radius 3 is 0.911 bits per heavy atom. The standard InChI is InChI=1S/2C52H32N2O2/c1-3-13-33(14-4-1)34-25-27-36(28-26-34)47-32-46(35-15-5-2-6-16-35)53-52(54-47)45-31-37(38-19-11-21-43-40-17-7-9-23-48(40)55-50(38)43)29-30-39(45)42-20-12-22-44-41-18-8-10-24-49(41)56-51(42)44;1-3-11-33(12-4-1)34-19-21-36(22-20-34)47-32-46(35-13-5-2-6-14-35)53-52(54-47)45-30-37(38-24-27-50-43(29-38)41-15-7-9-17-48(41)55-50)23-26-40(45)39-25-28-51-44(31-39)42-16-8-10-18-49(42)56-51/h2*1-32H. The second-order valence-electron chi connectivity index (χ2n) is 28.2. The second-order valence-corrected chi connectivity index (χ2v) is 28.2. The molecule has 112 heavy (non-hydrogen) atoms. The van der Waals surface area contributed by atoms with Crippen LogP contribution in [0.5, 0.6) is 0 Å². The maximum atomic E-state index is 6.61. The van der Waals surface area contributed by atoms with E-state index in [1.54, 1.807) is 0 Å². The Morgan fingerprint density at radius 1 is 0.143 bits per heavy atom. The van der Waals surface area contributed by atoms with Crippen LogP contribution >= 0.6 is 0 Å². The van der Waals surface area contributed by atoms with Crippen molar-refractivity contribution in [2.75, 3.05) is 0 Å². The Bertz CT molecular complexity index is 7350. The van der Waals surface area contributed by atoms with Gasteiger partial charge in [-0.1, -0.05) is 315 Å². The smallest absolute Gasteiger partial charge is 0.161 e. The first-order valence-electron chi connectivity index (χ1n) is 37.6. The van der Waals surface area contributed by atoms with E-state index in [-0.39, 0.29) is 0 Å². The number of aromatic nitrogens is 4. The molecule has 16 aromatic carbocycles. The van der Waals surface area contributed by atoms with Gasteiger partial charge in [0.25, 0.3) is 0 Å². The molecule has 8 heteroatoms. The van der Waals surface area contributed by atoms with Crippen molar-refractivity contribution in [2.45, 2.75) is 0 Å². The maximum Gasteiger partial charge on any atom is 0.161 e. The lowest BCUT2D eigenvalue weighted by Gasteiger charge is -2.15. The first-order chi connectivity index (χ1) is 55.5. The van der Waals surface area contributed by atoms with Crippen LogP contribution in [-0.2, 0) is 0 Å². The van der Waals surface area contributed by atoms with Gasteiger partial charge in [-0.2, -0.15) is 0 Å². The summed E-state index contributed by atoms with van der Waals surface area (Å²) in [7, 11) is 0. The molecule has 0 saturated carbocycles. The van der Waals surface area contributed by atoms with Gasteiger partial charge in [0.15, 0.2) is 11.6 Å². The van der Waals surface area contributed by atoms with E-state index in [0.29, 0.717) is 11.6 Å². The average Bonchev–Trinajstić information content (AvgIpc) is 1.43. The Morgan fingerprint density at radius 2 is 0.429 bits per heavy atom. The Labute approximate surface area is 644 Å². The zero-order valence-electron chi connectivity index (χ0n) is 60.4. The van der Waals surface area contributed by atoms with Gasteiger partial charge in [-0.3, -0.25) is 0 Å². The van der Waals surface area contributed by atoms with Crippen molar-refractivity contribution in [2.24, 2.45) is 0 Å². The van der Waals surface area contributed by atoms with Crippen LogP contribution in [0.1, 0.15) is 0 Å². The minimum atomic E-state index is 0.621. The van der Waals surface area contributed by atoms with Crippen molar-refractivity contribution in [3.63, 3.8) is 0 Å². The van der Waals surface area contributed by atoms with Gasteiger partial charge < -0.3 is 17.7 Å². The largest absolute Gasteiger partial charge is 0.456 e. The van der Waals surface area contributed by atoms with Crippen molar-refractivity contribution in [1.29, 1.82) is 0 Å². The Kier molecular flexibility index (Phi) is 16.1. The molecule has 524 valence electrons. The van der Waals surface area contributed by atoms with Gasteiger partial charge in [-0.25, -0.2) is 19.9 Å². The van der Waals surface area contributed by atoms with Crippen LogP contribution < -0.4 is 0 Å². The van der Waals surface area contributed by atoms with E-state index in [9.17, 15) is 0 Å². The summed E-state index contributed by atoms with van der Waals surface area (Å²) in [6, 6.07) is 135. The number of nitrogens with zero attached hydrogens (tertiary/aromatic N) is 4.